The lowest BCUT2D eigenvalue weighted by Gasteiger charge is -2.07. The van der Waals surface area contributed by atoms with Crippen LogP contribution in [0.5, 0.6) is 5.75 Å². The first-order valence-corrected chi connectivity index (χ1v) is 6.05. The quantitative estimate of drug-likeness (QED) is 0.761. The summed E-state index contributed by atoms with van der Waals surface area (Å²) in [4.78, 5) is 0. The molecule has 1 nitrogen and oxygen atoms in total. The molecule has 0 aromatic heterocycles. The third kappa shape index (κ3) is 3.35. The molecule has 2 aromatic rings. The van der Waals surface area contributed by atoms with Crippen LogP contribution in [0.1, 0.15) is 23.6 Å². The molecule has 0 aliphatic rings. The molecule has 0 bridgehead atoms. The van der Waals surface area contributed by atoms with Gasteiger partial charge in [0.05, 0.1) is 0 Å². The van der Waals surface area contributed by atoms with Crippen LogP contribution in [-0.2, 0) is 13.0 Å². The fourth-order valence-electron chi connectivity index (χ4n) is 1.71. The third-order valence-corrected chi connectivity index (χ3v) is 2.83. The van der Waals surface area contributed by atoms with Gasteiger partial charge in [0.1, 0.15) is 12.4 Å². The molecule has 0 amide bonds. The molecular weight excluding hydrogens is 208 g/mol. The second kappa shape index (κ2) is 5.53. The van der Waals surface area contributed by atoms with E-state index in [1.807, 2.05) is 12.1 Å². The Labute approximate surface area is 103 Å². The lowest BCUT2D eigenvalue weighted by Crippen LogP contribution is -1.95. The van der Waals surface area contributed by atoms with Crippen molar-refractivity contribution in [1.29, 1.82) is 0 Å². The molecule has 2 aromatic carbocycles. The normalized spacial score (nSPS) is 10.2. The second-order valence-corrected chi connectivity index (χ2v) is 4.28. The number of hydrogen-bond donors (Lipinski definition) is 0. The Kier molecular flexibility index (Phi) is 3.81. The van der Waals surface area contributed by atoms with Crippen molar-refractivity contribution in [3.63, 3.8) is 0 Å². The van der Waals surface area contributed by atoms with Gasteiger partial charge in [-0.15, -0.1) is 0 Å². The van der Waals surface area contributed by atoms with Crippen LogP contribution >= 0.6 is 0 Å². The van der Waals surface area contributed by atoms with Crippen LogP contribution in [0.25, 0.3) is 0 Å². The summed E-state index contributed by atoms with van der Waals surface area (Å²) in [6.45, 7) is 4.88. The monoisotopic (exact) mass is 226 g/mol. The molecule has 1 heteroatoms. The van der Waals surface area contributed by atoms with E-state index in [9.17, 15) is 0 Å². The van der Waals surface area contributed by atoms with E-state index < -0.39 is 0 Å². The molecule has 0 aliphatic carbocycles. The molecule has 0 radical (unpaired) electrons. The van der Waals surface area contributed by atoms with Gasteiger partial charge >= 0.3 is 0 Å². The topological polar surface area (TPSA) is 9.23 Å². The number of ether oxygens (including phenoxy) is 1. The summed E-state index contributed by atoms with van der Waals surface area (Å²) in [7, 11) is 0. The van der Waals surface area contributed by atoms with Crippen molar-refractivity contribution < 1.29 is 4.74 Å². The Morgan fingerprint density at radius 2 is 1.71 bits per heavy atom. The maximum Gasteiger partial charge on any atom is 0.120 e. The predicted octanol–water partition coefficient (Wildman–Crippen LogP) is 4.14. The molecule has 0 unspecified atom stereocenters. The minimum absolute atomic E-state index is 0.632. The molecular formula is C16H18O. The van der Waals surface area contributed by atoms with Crippen molar-refractivity contribution in [1.82, 2.24) is 0 Å². The summed E-state index contributed by atoms with van der Waals surface area (Å²) < 4.78 is 5.77. The van der Waals surface area contributed by atoms with Crippen LogP contribution in [0.2, 0.25) is 0 Å². The Morgan fingerprint density at radius 1 is 0.941 bits per heavy atom. The van der Waals surface area contributed by atoms with Gasteiger partial charge in [-0.1, -0.05) is 48.9 Å². The molecule has 0 N–H and O–H groups in total. The highest BCUT2D eigenvalue weighted by Crippen LogP contribution is 2.15. The summed E-state index contributed by atoms with van der Waals surface area (Å²) in [6, 6.07) is 16.7. The van der Waals surface area contributed by atoms with Crippen molar-refractivity contribution in [2.24, 2.45) is 0 Å². The fourth-order valence-corrected chi connectivity index (χ4v) is 1.71. The molecule has 0 heterocycles. The molecule has 0 atom stereocenters. The van der Waals surface area contributed by atoms with E-state index in [-0.39, 0.29) is 0 Å². The Hall–Kier alpha value is -1.76. The van der Waals surface area contributed by atoms with Gasteiger partial charge in [0.2, 0.25) is 0 Å². The average molecular weight is 226 g/mol. The molecule has 0 saturated carbocycles. The first kappa shape index (κ1) is 11.7. The van der Waals surface area contributed by atoms with Crippen LogP contribution in [0.4, 0.5) is 0 Å². The minimum atomic E-state index is 0.632. The summed E-state index contributed by atoms with van der Waals surface area (Å²) in [6.07, 6.45) is 1.04. The molecule has 0 spiro atoms. The van der Waals surface area contributed by atoms with Crippen LogP contribution in [0.15, 0.2) is 48.5 Å². The van der Waals surface area contributed by atoms with Crippen LogP contribution in [0, 0.1) is 6.92 Å². The molecule has 0 fully saturated rings. The predicted molar refractivity (Wildman–Crippen MR) is 71.3 cm³/mol. The van der Waals surface area contributed by atoms with Crippen LogP contribution < -0.4 is 4.74 Å². The second-order valence-electron chi connectivity index (χ2n) is 4.28. The average Bonchev–Trinajstić information content (AvgIpc) is 2.38. The van der Waals surface area contributed by atoms with Crippen molar-refractivity contribution in [3.8, 4) is 5.75 Å². The molecule has 17 heavy (non-hydrogen) atoms. The van der Waals surface area contributed by atoms with Crippen LogP contribution in [-0.4, -0.2) is 0 Å². The first-order valence-electron chi connectivity index (χ1n) is 6.05. The summed E-state index contributed by atoms with van der Waals surface area (Å²) in [5, 5.41) is 0. The Balaban J connectivity index is 1.99. The minimum Gasteiger partial charge on any atom is -0.489 e. The highest BCUT2D eigenvalue weighted by atomic mass is 16.5. The summed E-state index contributed by atoms with van der Waals surface area (Å²) in [5.41, 5.74) is 3.80. The number of benzene rings is 2. The summed E-state index contributed by atoms with van der Waals surface area (Å²) in [5.74, 6) is 0.949. The van der Waals surface area contributed by atoms with Crippen LogP contribution in [0.3, 0.4) is 0 Å². The maximum absolute atomic E-state index is 5.77. The molecule has 0 saturated heterocycles. The Bertz CT molecular complexity index is 471. The van der Waals surface area contributed by atoms with Crippen molar-refractivity contribution in [3.05, 3.63) is 65.2 Å². The Morgan fingerprint density at radius 3 is 2.41 bits per heavy atom. The number of hydrogen-bond acceptors (Lipinski definition) is 1. The molecule has 2 rings (SSSR count). The van der Waals surface area contributed by atoms with E-state index in [2.05, 4.69) is 50.2 Å². The highest BCUT2D eigenvalue weighted by molar-refractivity contribution is 5.29. The standard InChI is InChI=1S/C16H18O/c1-3-14-5-4-6-16(11-14)17-12-15-9-7-13(2)8-10-15/h4-11H,3,12H2,1-2H3. The van der Waals surface area contributed by atoms with Gasteiger partial charge in [0.15, 0.2) is 0 Å². The molecule has 0 aliphatic heterocycles. The lowest BCUT2D eigenvalue weighted by atomic mass is 10.1. The van der Waals surface area contributed by atoms with Crippen molar-refractivity contribution in [2.75, 3.05) is 0 Å². The smallest absolute Gasteiger partial charge is 0.120 e. The maximum atomic E-state index is 5.77. The van der Waals surface area contributed by atoms with Gasteiger partial charge in [0, 0.05) is 0 Å². The highest BCUT2D eigenvalue weighted by Gasteiger charge is 1.97. The van der Waals surface area contributed by atoms with Gasteiger partial charge in [-0.05, 0) is 36.6 Å². The molecule has 88 valence electrons. The van der Waals surface area contributed by atoms with E-state index in [0.717, 1.165) is 12.2 Å². The van der Waals surface area contributed by atoms with E-state index in [1.54, 1.807) is 0 Å². The SMILES string of the molecule is CCc1cccc(OCc2ccc(C)cc2)c1. The van der Waals surface area contributed by atoms with E-state index >= 15 is 0 Å². The summed E-state index contributed by atoms with van der Waals surface area (Å²) >= 11 is 0. The van der Waals surface area contributed by atoms with Gasteiger partial charge in [0.25, 0.3) is 0 Å². The largest absolute Gasteiger partial charge is 0.489 e. The first-order chi connectivity index (χ1) is 8.28. The zero-order valence-corrected chi connectivity index (χ0v) is 10.4. The van der Waals surface area contributed by atoms with Crippen molar-refractivity contribution in [2.45, 2.75) is 26.9 Å². The van der Waals surface area contributed by atoms with Gasteiger partial charge in [-0.2, -0.15) is 0 Å². The number of aryl methyl sites for hydroxylation is 2. The van der Waals surface area contributed by atoms with Gasteiger partial charge in [-0.3, -0.25) is 0 Å². The number of rotatable bonds is 4. The fraction of sp³-hybridized carbons (Fsp3) is 0.250. The lowest BCUT2D eigenvalue weighted by molar-refractivity contribution is 0.306. The van der Waals surface area contributed by atoms with E-state index in [0.29, 0.717) is 6.61 Å². The van der Waals surface area contributed by atoms with Gasteiger partial charge < -0.3 is 4.74 Å². The zero-order valence-electron chi connectivity index (χ0n) is 10.4. The van der Waals surface area contributed by atoms with E-state index in [1.165, 1.54) is 16.7 Å². The van der Waals surface area contributed by atoms with Gasteiger partial charge in [-0.25, -0.2) is 0 Å². The zero-order chi connectivity index (χ0) is 12.1. The van der Waals surface area contributed by atoms with Crippen molar-refractivity contribution >= 4 is 0 Å². The third-order valence-electron chi connectivity index (χ3n) is 2.83. The van der Waals surface area contributed by atoms with E-state index in [4.69, 9.17) is 4.74 Å².